The van der Waals surface area contributed by atoms with Crippen LogP contribution in [0.15, 0.2) is 41.1 Å². The maximum Gasteiger partial charge on any atom is 0.138 e. The summed E-state index contributed by atoms with van der Waals surface area (Å²) in [6.07, 6.45) is 3.44. The van der Waals surface area contributed by atoms with Crippen molar-refractivity contribution in [1.29, 1.82) is 0 Å². The fraction of sp³-hybridized carbons (Fsp3) is 0.154. The SMILES string of the molecule is COc1c(Br)cc(Cl)cc1C(N)c1cccnc1. The molecule has 0 radical (unpaired) electrons. The first-order chi connectivity index (χ1) is 8.63. The number of nitrogens with zero attached hydrogens (tertiary/aromatic N) is 1. The second-order valence-electron chi connectivity index (χ2n) is 3.77. The lowest BCUT2D eigenvalue weighted by molar-refractivity contribution is 0.405. The highest BCUT2D eigenvalue weighted by molar-refractivity contribution is 9.10. The highest BCUT2D eigenvalue weighted by atomic mass is 79.9. The van der Waals surface area contributed by atoms with Crippen LogP contribution in [0.3, 0.4) is 0 Å². The van der Waals surface area contributed by atoms with Crippen molar-refractivity contribution in [2.75, 3.05) is 7.11 Å². The average molecular weight is 328 g/mol. The zero-order chi connectivity index (χ0) is 13.1. The van der Waals surface area contributed by atoms with Crippen LogP contribution in [0.5, 0.6) is 5.75 Å². The van der Waals surface area contributed by atoms with Gasteiger partial charge in [-0.2, -0.15) is 0 Å². The van der Waals surface area contributed by atoms with Crippen LogP contribution in [-0.4, -0.2) is 12.1 Å². The summed E-state index contributed by atoms with van der Waals surface area (Å²) in [5.74, 6) is 0.691. The van der Waals surface area contributed by atoms with Crippen molar-refractivity contribution in [2.45, 2.75) is 6.04 Å². The van der Waals surface area contributed by atoms with Gasteiger partial charge < -0.3 is 10.5 Å². The van der Waals surface area contributed by atoms with E-state index in [-0.39, 0.29) is 6.04 Å². The molecule has 1 atom stereocenters. The Balaban J connectivity index is 2.50. The van der Waals surface area contributed by atoms with E-state index in [0.29, 0.717) is 10.8 Å². The Morgan fingerprint density at radius 3 is 2.83 bits per heavy atom. The molecule has 0 aliphatic rings. The molecule has 0 amide bonds. The van der Waals surface area contributed by atoms with Gasteiger partial charge in [0.15, 0.2) is 0 Å². The van der Waals surface area contributed by atoms with Crippen molar-refractivity contribution in [1.82, 2.24) is 4.98 Å². The average Bonchev–Trinajstić information content (AvgIpc) is 2.38. The van der Waals surface area contributed by atoms with Gasteiger partial charge in [-0.15, -0.1) is 0 Å². The molecule has 94 valence electrons. The molecule has 0 spiro atoms. The zero-order valence-corrected chi connectivity index (χ0v) is 12.1. The van der Waals surface area contributed by atoms with E-state index in [9.17, 15) is 0 Å². The predicted molar refractivity (Wildman–Crippen MR) is 76.0 cm³/mol. The fourth-order valence-electron chi connectivity index (χ4n) is 1.77. The van der Waals surface area contributed by atoms with E-state index in [1.165, 1.54) is 0 Å². The summed E-state index contributed by atoms with van der Waals surface area (Å²) in [4.78, 5) is 4.07. The van der Waals surface area contributed by atoms with E-state index in [1.54, 1.807) is 25.6 Å². The largest absolute Gasteiger partial charge is 0.495 e. The molecule has 1 aromatic carbocycles. The highest BCUT2D eigenvalue weighted by Crippen LogP contribution is 2.37. The van der Waals surface area contributed by atoms with Crippen molar-refractivity contribution in [2.24, 2.45) is 5.73 Å². The van der Waals surface area contributed by atoms with Gasteiger partial charge in [-0.3, -0.25) is 4.98 Å². The van der Waals surface area contributed by atoms with E-state index in [1.807, 2.05) is 18.2 Å². The Morgan fingerprint density at radius 2 is 2.22 bits per heavy atom. The summed E-state index contributed by atoms with van der Waals surface area (Å²) in [6.45, 7) is 0. The van der Waals surface area contributed by atoms with Crippen LogP contribution in [-0.2, 0) is 0 Å². The lowest BCUT2D eigenvalue weighted by Gasteiger charge is -2.17. The second-order valence-corrected chi connectivity index (χ2v) is 5.06. The molecule has 0 fully saturated rings. The number of hydrogen-bond donors (Lipinski definition) is 1. The summed E-state index contributed by atoms with van der Waals surface area (Å²) in [5.41, 5.74) is 7.96. The number of pyridine rings is 1. The summed E-state index contributed by atoms with van der Waals surface area (Å²) in [7, 11) is 1.60. The topological polar surface area (TPSA) is 48.1 Å². The molecule has 1 aromatic heterocycles. The van der Waals surface area contributed by atoms with E-state index in [4.69, 9.17) is 22.1 Å². The number of rotatable bonds is 3. The summed E-state index contributed by atoms with van der Waals surface area (Å²) < 4.78 is 6.15. The van der Waals surface area contributed by atoms with E-state index in [0.717, 1.165) is 15.6 Å². The van der Waals surface area contributed by atoms with Gasteiger partial charge in [-0.25, -0.2) is 0 Å². The quantitative estimate of drug-likeness (QED) is 0.938. The molecule has 5 heteroatoms. The van der Waals surface area contributed by atoms with Gasteiger partial charge in [0.1, 0.15) is 5.75 Å². The van der Waals surface area contributed by atoms with Crippen molar-refractivity contribution in [3.63, 3.8) is 0 Å². The molecule has 1 heterocycles. The Bertz CT molecular complexity index is 548. The number of benzene rings is 1. The monoisotopic (exact) mass is 326 g/mol. The molecule has 3 nitrogen and oxygen atoms in total. The minimum absolute atomic E-state index is 0.330. The molecule has 2 aromatic rings. The first kappa shape index (κ1) is 13.3. The second kappa shape index (κ2) is 5.69. The predicted octanol–water partition coefficient (Wildman–Crippen LogP) is 3.55. The lowest BCUT2D eigenvalue weighted by Crippen LogP contribution is -2.13. The highest BCUT2D eigenvalue weighted by Gasteiger charge is 2.17. The number of nitrogens with two attached hydrogens (primary N) is 1. The Morgan fingerprint density at radius 1 is 1.44 bits per heavy atom. The Kier molecular flexibility index (Phi) is 4.22. The number of ether oxygens (including phenoxy) is 1. The summed E-state index contributed by atoms with van der Waals surface area (Å²) >= 11 is 9.47. The first-order valence-electron chi connectivity index (χ1n) is 5.32. The maximum atomic E-state index is 6.23. The molecule has 0 aliphatic carbocycles. The maximum absolute atomic E-state index is 6.23. The minimum atomic E-state index is -0.330. The number of halogens is 2. The first-order valence-corrected chi connectivity index (χ1v) is 6.49. The van der Waals surface area contributed by atoms with E-state index >= 15 is 0 Å². The Labute approximate surface area is 119 Å². The third kappa shape index (κ3) is 2.66. The molecule has 0 bridgehead atoms. The van der Waals surface area contributed by atoms with Crippen LogP contribution in [0.2, 0.25) is 5.02 Å². The molecule has 2 rings (SSSR count). The number of methoxy groups -OCH3 is 1. The number of hydrogen-bond acceptors (Lipinski definition) is 3. The molecule has 2 N–H and O–H groups in total. The van der Waals surface area contributed by atoms with Gasteiger partial charge in [0, 0.05) is 23.0 Å². The molecule has 18 heavy (non-hydrogen) atoms. The standard InChI is InChI=1S/C13H12BrClN2O/c1-18-13-10(5-9(15)6-11(13)14)12(16)8-3-2-4-17-7-8/h2-7,12H,16H2,1H3. The van der Waals surface area contributed by atoms with Crippen LogP contribution >= 0.6 is 27.5 Å². The van der Waals surface area contributed by atoms with Crippen LogP contribution in [0.1, 0.15) is 17.2 Å². The Hall–Kier alpha value is -1.10. The minimum Gasteiger partial charge on any atom is -0.495 e. The van der Waals surface area contributed by atoms with Crippen LogP contribution in [0.4, 0.5) is 0 Å². The van der Waals surface area contributed by atoms with Gasteiger partial charge in [0.2, 0.25) is 0 Å². The van der Waals surface area contributed by atoms with Gasteiger partial charge in [0.25, 0.3) is 0 Å². The van der Waals surface area contributed by atoms with Crippen molar-refractivity contribution in [3.05, 3.63) is 57.3 Å². The normalized spacial score (nSPS) is 12.2. The van der Waals surface area contributed by atoms with Gasteiger partial charge >= 0.3 is 0 Å². The van der Waals surface area contributed by atoms with E-state index in [2.05, 4.69) is 20.9 Å². The molecule has 1 unspecified atom stereocenters. The summed E-state index contributed by atoms with van der Waals surface area (Å²) in [5, 5.41) is 0.608. The third-order valence-electron chi connectivity index (χ3n) is 2.62. The lowest BCUT2D eigenvalue weighted by atomic mass is 10.0. The smallest absolute Gasteiger partial charge is 0.138 e. The number of aromatic nitrogens is 1. The summed E-state index contributed by atoms with van der Waals surface area (Å²) in [6, 6.07) is 7.03. The molecule has 0 saturated carbocycles. The molecular weight excluding hydrogens is 316 g/mol. The van der Waals surface area contributed by atoms with Crippen molar-refractivity contribution in [3.8, 4) is 5.75 Å². The third-order valence-corrected chi connectivity index (χ3v) is 3.43. The molecule has 0 saturated heterocycles. The fourth-order valence-corrected chi connectivity index (χ4v) is 2.76. The zero-order valence-electron chi connectivity index (χ0n) is 9.73. The van der Waals surface area contributed by atoms with Crippen molar-refractivity contribution < 1.29 is 4.74 Å². The van der Waals surface area contributed by atoms with Gasteiger partial charge in [-0.05, 0) is 39.7 Å². The van der Waals surface area contributed by atoms with Crippen LogP contribution in [0, 0.1) is 0 Å². The molecule has 0 aliphatic heterocycles. The van der Waals surface area contributed by atoms with Crippen molar-refractivity contribution >= 4 is 27.5 Å². The van der Waals surface area contributed by atoms with E-state index < -0.39 is 0 Å². The van der Waals surface area contributed by atoms with Gasteiger partial charge in [0.05, 0.1) is 17.6 Å². The molecular formula is C13H12BrClN2O. The van der Waals surface area contributed by atoms with Gasteiger partial charge in [-0.1, -0.05) is 17.7 Å². The van der Waals surface area contributed by atoms with Crippen LogP contribution in [0.25, 0.3) is 0 Å². The van der Waals surface area contributed by atoms with Crippen LogP contribution < -0.4 is 10.5 Å².